The first-order chi connectivity index (χ1) is 6.56. The SMILES string of the molecule is Cc1cc([N+](=O)[O-])c(C)cc1CC=O. The molecule has 4 heteroatoms. The number of benzene rings is 1. The maximum atomic E-state index is 10.6. The van der Waals surface area contributed by atoms with Crippen molar-refractivity contribution in [1.82, 2.24) is 0 Å². The Morgan fingerprint density at radius 2 is 2.00 bits per heavy atom. The highest BCUT2D eigenvalue weighted by molar-refractivity contribution is 5.58. The highest BCUT2D eigenvalue weighted by Crippen LogP contribution is 2.22. The van der Waals surface area contributed by atoms with E-state index in [1.165, 1.54) is 6.07 Å². The zero-order valence-electron chi connectivity index (χ0n) is 8.11. The van der Waals surface area contributed by atoms with Crippen molar-refractivity contribution in [2.24, 2.45) is 0 Å². The molecular formula is C10H11NO3. The minimum absolute atomic E-state index is 0.108. The zero-order valence-corrected chi connectivity index (χ0v) is 8.11. The molecule has 4 nitrogen and oxygen atoms in total. The molecule has 1 rings (SSSR count). The molecule has 0 aliphatic heterocycles. The van der Waals surface area contributed by atoms with Gasteiger partial charge in [-0.3, -0.25) is 10.1 Å². The van der Waals surface area contributed by atoms with Crippen molar-refractivity contribution >= 4 is 12.0 Å². The fraction of sp³-hybridized carbons (Fsp3) is 0.300. The van der Waals surface area contributed by atoms with Crippen LogP contribution in [0.4, 0.5) is 5.69 Å². The fourth-order valence-electron chi connectivity index (χ4n) is 1.37. The van der Waals surface area contributed by atoms with E-state index in [1.54, 1.807) is 19.9 Å². The number of hydrogen-bond donors (Lipinski definition) is 0. The smallest absolute Gasteiger partial charge is 0.272 e. The predicted molar refractivity (Wildman–Crippen MR) is 52.3 cm³/mol. The van der Waals surface area contributed by atoms with Gasteiger partial charge in [-0.05, 0) is 31.0 Å². The number of nitro groups is 1. The van der Waals surface area contributed by atoms with E-state index in [0.717, 1.165) is 17.4 Å². The molecule has 1 aromatic rings. The van der Waals surface area contributed by atoms with Crippen LogP contribution < -0.4 is 0 Å². The Labute approximate surface area is 81.7 Å². The maximum Gasteiger partial charge on any atom is 0.272 e. The minimum Gasteiger partial charge on any atom is -0.303 e. The topological polar surface area (TPSA) is 60.2 Å². The van der Waals surface area contributed by atoms with Gasteiger partial charge in [0.1, 0.15) is 6.29 Å². The van der Waals surface area contributed by atoms with Crippen molar-refractivity contribution in [3.05, 3.63) is 38.9 Å². The third kappa shape index (κ3) is 1.96. The van der Waals surface area contributed by atoms with Crippen LogP contribution in [-0.4, -0.2) is 11.2 Å². The first-order valence-corrected chi connectivity index (χ1v) is 4.24. The molecule has 0 saturated heterocycles. The van der Waals surface area contributed by atoms with E-state index in [0.29, 0.717) is 12.0 Å². The molecule has 14 heavy (non-hydrogen) atoms. The molecule has 1 aromatic carbocycles. The lowest BCUT2D eigenvalue weighted by molar-refractivity contribution is -0.385. The standard InChI is InChI=1S/C10H11NO3/c1-7-6-10(11(13)14)8(2)5-9(7)3-4-12/h4-6H,3H2,1-2H3. The summed E-state index contributed by atoms with van der Waals surface area (Å²) in [5.41, 5.74) is 2.34. The van der Waals surface area contributed by atoms with Gasteiger partial charge < -0.3 is 4.79 Å². The second kappa shape index (κ2) is 4.00. The molecule has 0 amide bonds. The normalized spacial score (nSPS) is 9.86. The first-order valence-electron chi connectivity index (χ1n) is 4.24. The van der Waals surface area contributed by atoms with Gasteiger partial charge in [0.2, 0.25) is 0 Å². The second-order valence-electron chi connectivity index (χ2n) is 3.19. The third-order valence-corrected chi connectivity index (χ3v) is 2.15. The van der Waals surface area contributed by atoms with Gasteiger partial charge in [-0.2, -0.15) is 0 Å². The summed E-state index contributed by atoms with van der Waals surface area (Å²) in [6.07, 6.45) is 1.11. The number of nitrogens with zero attached hydrogens (tertiary/aromatic N) is 1. The van der Waals surface area contributed by atoms with Gasteiger partial charge in [-0.15, -0.1) is 0 Å². The minimum atomic E-state index is -0.410. The summed E-state index contributed by atoms with van der Waals surface area (Å²) in [7, 11) is 0. The van der Waals surface area contributed by atoms with Gasteiger partial charge in [0.15, 0.2) is 0 Å². The number of carbonyl (C=O) groups is 1. The molecule has 0 spiro atoms. The maximum absolute atomic E-state index is 10.6. The average molecular weight is 193 g/mol. The molecular weight excluding hydrogens is 182 g/mol. The van der Waals surface area contributed by atoms with E-state index in [1.807, 2.05) is 0 Å². The van der Waals surface area contributed by atoms with Crippen LogP contribution in [-0.2, 0) is 11.2 Å². The van der Waals surface area contributed by atoms with Crippen LogP contribution >= 0.6 is 0 Å². The Kier molecular flexibility index (Phi) is 2.96. The quantitative estimate of drug-likeness (QED) is 0.418. The van der Waals surface area contributed by atoms with Crippen LogP contribution in [0.1, 0.15) is 16.7 Å². The molecule has 0 heterocycles. The number of nitro benzene ring substituents is 1. The summed E-state index contributed by atoms with van der Waals surface area (Å²) >= 11 is 0. The summed E-state index contributed by atoms with van der Waals surface area (Å²) < 4.78 is 0. The molecule has 0 aromatic heterocycles. The van der Waals surface area contributed by atoms with E-state index in [9.17, 15) is 14.9 Å². The van der Waals surface area contributed by atoms with Crippen LogP contribution in [0.5, 0.6) is 0 Å². The molecule has 0 aliphatic carbocycles. The van der Waals surface area contributed by atoms with Crippen LogP contribution in [0, 0.1) is 24.0 Å². The van der Waals surface area contributed by atoms with E-state index >= 15 is 0 Å². The van der Waals surface area contributed by atoms with Gasteiger partial charge in [0.25, 0.3) is 5.69 Å². The lowest BCUT2D eigenvalue weighted by Gasteiger charge is -2.04. The van der Waals surface area contributed by atoms with Crippen molar-refractivity contribution in [2.75, 3.05) is 0 Å². The molecule has 0 N–H and O–H groups in total. The van der Waals surface area contributed by atoms with Gasteiger partial charge in [-0.25, -0.2) is 0 Å². The van der Waals surface area contributed by atoms with Crippen molar-refractivity contribution < 1.29 is 9.72 Å². The predicted octanol–water partition coefficient (Wildman–Crippen LogP) is 1.95. The summed E-state index contributed by atoms with van der Waals surface area (Å²) in [6, 6.07) is 3.20. The second-order valence-corrected chi connectivity index (χ2v) is 3.19. The summed E-state index contributed by atoms with van der Waals surface area (Å²) in [5, 5.41) is 10.6. The molecule has 74 valence electrons. The van der Waals surface area contributed by atoms with Crippen molar-refractivity contribution in [3.63, 3.8) is 0 Å². The molecule has 0 atom stereocenters. The number of hydrogen-bond acceptors (Lipinski definition) is 3. The van der Waals surface area contributed by atoms with E-state index < -0.39 is 4.92 Å². The Balaban J connectivity index is 3.23. The fourth-order valence-corrected chi connectivity index (χ4v) is 1.37. The molecule has 0 bridgehead atoms. The largest absolute Gasteiger partial charge is 0.303 e. The Bertz CT molecular complexity index is 385. The van der Waals surface area contributed by atoms with Crippen molar-refractivity contribution in [2.45, 2.75) is 20.3 Å². The molecule has 0 radical (unpaired) electrons. The monoisotopic (exact) mass is 193 g/mol. The van der Waals surface area contributed by atoms with Crippen LogP contribution in [0.2, 0.25) is 0 Å². The molecule has 0 unspecified atom stereocenters. The van der Waals surface area contributed by atoms with Crippen LogP contribution in [0.3, 0.4) is 0 Å². The average Bonchev–Trinajstić information content (AvgIpc) is 2.10. The molecule has 0 fully saturated rings. The van der Waals surface area contributed by atoms with Crippen LogP contribution in [0.25, 0.3) is 0 Å². The number of aldehydes is 1. The number of carbonyl (C=O) groups excluding carboxylic acids is 1. The lowest BCUT2D eigenvalue weighted by Crippen LogP contribution is -1.97. The summed E-state index contributed by atoms with van der Waals surface area (Å²) in [4.78, 5) is 20.5. The van der Waals surface area contributed by atoms with E-state index in [-0.39, 0.29) is 5.69 Å². The van der Waals surface area contributed by atoms with Gasteiger partial charge in [-0.1, -0.05) is 0 Å². The number of aryl methyl sites for hydroxylation is 2. The van der Waals surface area contributed by atoms with Gasteiger partial charge in [0, 0.05) is 18.1 Å². The van der Waals surface area contributed by atoms with Crippen molar-refractivity contribution in [3.8, 4) is 0 Å². The van der Waals surface area contributed by atoms with E-state index in [2.05, 4.69) is 0 Å². The Hall–Kier alpha value is -1.71. The highest BCUT2D eigenvalue weighted by Gasteiger charge is 2.12. The summed E-state index contributed by atoms with van der Waals surface area (Å²) in [5.74, 6) is 0. The van der Waals surface area contributed by atoms with Crippen molar-refractivity contribution in [1.29, 1.82) is 0 Å². The Morgan fingerprint density at radius 1 is 1.36 bits per heavy atom. The third-order valence-electron chi connectivity index (χ3n) is 2.15. The van der Waals surface area contributed by atoms with E-state index in [4.69, 9.17) is 0 Å². The zero-order chi connectivity index (χ0) is 10.7. The number of rotatable bonds is 3. The molecule has 0 saturated carbocycles. The highest BCUT2D eigenvalue weighted by atomic mass is 16.6. The lowest BCUT2D eigenvalue weighted by atomic mass is 10.0. The molecule has 0 aliphatic rings. The van der Waals surface area contributed by atoms with Gasteiger partial charge >= 0.3 is 0 Å². The Morgan fingerprint density at radius 3 is 2.50 bits per heavy atom. The summed E-state index contributed by atoms with van der Waals surface area (Å²) in [6.45, 7) is 3.44. The van der Waals surface area contributed by atoms with Crippen LogP contribution in [0.15, 0.2) is 12.1 Å². The van der Waals surface area contributed by atoms with Gasteiger partial charge in [0.05, 0.1) is 4.92 Å². The first kappa shape index (κ1) is 10.4.